The van der Waals surface area contributed by atoms with Crippen LogP contribution in [0.1, 0.15) is 45.0 Å². The van der Waals surface area contributed by atoms with E-state index in [1.165, 1.54) is 6.20 Å². The fraction of sp³-hybridized carbons (Fsp3) is 0.444. The number of nitrogens with one attached hydrogen (secondary N) is 1. The molecule has 0 saturated carbocycles. The number of H-pyrrole nitrogens is 1. The first-order chi connectivity index (χ1) is 11.7. The van der Waals surface area contributed by atoms with Gasteiger partial charge in [-0.1, -0.05) is 6.07 Å². The third-order valence-corrected chi connectivity index (χ3v) is 4.93. The largest absolute Gasteiger partial charge is 0.494 e. The van der Waals surface area contributed by atoms with E-state index in [1.807, 2.05) is 33.8 Å². The zero-order valence-corrected chi connectivity index (χ0v) is 15.1. The van der Waals surface area contributed by atoms with Crippen LogP contribution in [0.5, 0.6) is 0 Å². The van der Waals surface area contributed by atoms with E-state index in [1.54, 1.807) is 19.1 Å². The number of aromatic nitrogens is 1. The van der Waals surface area contributed by atoms with Gasteiger partial charge in [0.05, 0.1) is 17.8 Å². The highest BCUT2D eigenvalue weighted by Crippen LogP contribution is 2.36. The van der Waals surface area contributed by atoms with E-state index in [0.717, 1.165) is 5.46 Å². The van der Waals surface area contributed by atoms with Gasteiger partial charge in [-0.15, -0.1) is 0 Å². The van der Waals surface area contributed by atoms with Crippen molar-refractivity contribution < 1.29 is 18.8 Å². The number of hydrogen-bond acceptors (Lipinski definition) is 5. The molecule has 2 heterocycles. The molecule has 2 aromatic rings. The highest BCUT2D eigenvalue weighted by Gasteiger charge is 2.51. The molecule has 7 heteroatoms. The molecule has 6 nitrogen and oxygen atoms in total. The molecule has 3 rings (SSSR count). The predicted molar refractivity (Wildman–Crippen MR) is 96.2 cm³/mol. The maximum Gasteiger partial charge on any atom is 0.494 e. The molecule has 0 amide bonds. The van der Waals surface area contributed by atoms with Gasteiger partial charge in [0.25, 0.3) is 0 Å². The number of aromatic amines is 1. The number of rotatable bonds is 3. The number of carbonyl (C=O) groups excluding carboxylic acids is 1. The Kier molecular flexibility index (Phi) is 4.25. The van der Waals surface area contributed by atoms with Crippen molar-refractivity contribution in [2.45, 2.75) is 45.8 Å². The number of ether oxygens (including phenoxy) is 1. The summed E-state index contributed by atoms with van der Waals surface area (Å²) in [5, 5.41) is 0.401. The van der Waals surface area contributed by atoms with Crippen LogP contribution in [0.3, 0.4) is 0 Å². The molecule has 0 radical (unpaired) electrons. The standard InChI is InChI=1S/C18H22BNO5/c1-6-23-16(22)13-10-20-14-8-7-11(9-12(14)15(13)21)19-24-17(2,3)18(4,5)25-19/h7-10H,6H2,1-5H3,(H,20,21). The average Bonchev–Trinajstić information content (AvgIpc) is 2.76. The van der Waals surface area contributed by atoms with Crippen molar-refractivity contribution >= 4 is 29.5 Å². The molecule has 25 heavy (non-hydrogen) atoms. The number of pyridine rings is 1. The van der Waals surface area contributed by atoms with Gasteiger partial charge in [0.2, 0.25) is 5.43 Å². The van der Waals surface area contributed by atoms with Crippen molar-refractivity contribution in [1.29, 1.82) is 0 Å². The molecule has 0 unspecified atom stereocenters. The van der Waals surface area contributed by atoms with Gasteiger partial charge in [0.15, 0.2) is 0 Å². The van der Waals surface area contributed by atoms with Gasteiger partial charge < -0.3 is 19.0 Å². The molecule has 1 aliphatic rings. The molecule has 1 N–H and O–H groups in total. The molecule has 1 aliphatic heterocycles. The fourth-order valence-corrected chi connectivity index (χ4v) is 2.72. The highest BCUT2D eigenvalue weighted by atomic mass is 16.7. The Hall–Kier alpha value is -2.12. The van der Waals surface area contributed by atoms with E-state index in [4.69, 9.17) is 14.0 Å². The Labute approximate surface area is 146 Å². The first-order valence-corrected chi connectivity index (χ1v) is 8.34. The normalized spacial score (nSPS) is 18.5. The van der Waals surface area contributed by atoms with Crippen molar-refractivity contribution in [2.24, 2.45) is 0 Å². The van der Waals surface area contributed by atoms with Crippen molar-refractivity contribution in [3.63, 3.8) is 0 Å². The lowest BCUT2D eigenvalue weighted by atomic mass is 9.78. The first-order valence-electron chi connectivity index (χ1n) is 8.34. The van der Waals surface area contributed by atoms with E-state index in [-0.39, 0.29) is 17.6 Å². The van der Waals surface area contributed by atoms with Gasteiger partial charge in [-0.05, 0) is 52.2 Å². The molecular formula is C18H22BNO5. The summed E-state index contributed by atoms with van der Waals surface area (Å²) in [5.41, 5.74) is 0.0550. The van der Waals surface area contributed by atoms with Crippen molar-refractivity contribution in [2.75, 3.05) is 6.61 Å². The van der Waals surface area contributed by atoms with E-state index >= 15 is 0 Å². The van der Waals surface area contributed by atoms with Gasteiger partial charge in [-0.2, -0.15) is 0 Å². The van der Waals surface area contributed by atoms with Gasteiger partial charge in [0.1, 0.15) is 5.56 Å². The summed E-state index contributed by atoms with van der Waals surface area (Å²) in [4.78, 5) is 27.6. The van der Waals surface area contributed by atoms with Crippen LogP contribution in [-0.4, -0.2) is 35.9 Å². The summed E-state index contributed by atoms with van der Waals surface area (Å²) in [6.07, 6.45) is 1.39. The summed E-state index contributed by atoms with van der Waals surface area (Å²) in [6, 6.07) is 5.34. The molecule has 0 atom stereocenters. The molecule has 0 bridgehead atoms. The summed E-state index contributed by atoms with van der Waals surface area (Å²) in [6.45, 7) is 9.80. The number of benzene rings is 1. The van der Waals surface area contributed by atoms with Crippen molar-refractivity contribution in [3.05, 3.63) is 40.2 Å². The molecule has 132 valence electrons. The third kappa shape index (κ3) is 2.98. The second kappa shape index (κ2) is 6.00. The summed E-state index contributed by atoms with van der Waals surface area (Å²) in [5.74, 6) is -0.633. The Balaban J connectivity index is 2.04. The zero-order chi connectivity index (χ0) is 18.4. The summed E-state index contributed by atoms with van der Waals surface area (Å²) >= 11 is 0. The van der Waals surface area contributed by atoms with Crippen LogP contribution in [-0.2, 0) is 14.0 Å². The van der Waals surface area contributed by atoms with Crippen LogP contribution in [0.4, 0.5) is 0 Å². The van der Waals surface area contributed by atoms with Crippen LogP contribution < -0.4 is 10.9 Å². The second-order valence-electron chi connectivity index (χ2n) is 7.15. The van der Waals surface area contributed by atoms with Crippen LogP contribution in [0.25, 0.3) is 10.9 Å². The molecule has 1 saturated heterocycles. The van der Waals surface area contributed by atoms with E-state index < -0.39 is 24.3 Å². The van der Waals surface area contributed by atoms with E-state index in [9.17, 15) is 9.59 Å². The Morgan fingerprint density at radius 1 is 1.20 bits per heavy atom. The van der Waals surface area contributed by atoms with Gasteiger partial charge in [-0.3, -0.25) is 4.79 Å². The molecule has 0 spiro atoms. The maximum atomic E-state index is 12.7. The number of fused-ring (bicyclic) bond motifs is 1. The van der Waals surface area contributed by atoms with Crippen LogP contribution in [0.2, 0.25) is 0 Å². The lowest BCUT2D eigenvalue weighted by Gasteiger charge is -2.32. The topological polar surface area (TPSA) is 77.6 Å². The lowest BCUT2D eigenvalue weighted by molar-refractivity contribution is 0.00578. The van der Waals surface area contributed by atoms with Crippen LogP contribution >= 0.6 is 0 Å². The van der Waals surface area contributed by atoms with Gasteiger partial charge in [0, 0.05) is 17.1 Å². The average molecular weight is 343 g/mol. The minimum absolute atomic E-state index is 0.0135. The Morgan fingerprint density at radius 3 is 2.44 bits per heavy atom. The monoisotopic (exact) mass is 343 g/mol. The van der Waals surface area contributed by atoms with E-state index in [0.29, 0.717) is 10.9 Å². The van der Waals surface area contributed by atoms with Crippen LogP contribution in [0, 0.1) is 0 Å². The Bertz CT molecular complexity index is 871. The van der Waals surface area contributed by atoms with E-state index in [2.05, 4.69) is 4.98 Å². The van der Waals surface area contributed by atoms with Gasteiger partial charge in [-0.25, -0.2) is 4.79 Å². The van der Waals surface area contributed by atoms with Crippen molar-refractivity contribution in [1.82, 2.24) is 4.98 Å². The number of carbonyl (C=O) groups is 1. The molecule has 1 fully saturated rings. The van der Waals surface area contributed by atoms with Gasteiger partial charge >= 0.3 is 13.1 Å². The maximum absolute atomic E-state index is 12.7. The SMILES string of the molecule is CCOC(=O)c1c[nH]c2ccc(B3OC(C)(C)C(C)(C)O3)cc2c1=O. The second-order valence-corrected chi connectivity index (χ2v) is 7.15. The predicted octanol–water partition coefficient (Wildman–Crippen LogP) is 2.00. The third-order valence-electron chi connectivity index (χ3n) is 4.93. The van der Waals surface area contributed by atoms with Crippen LogP contribution in [0.15, 0.2) is 29.2 Å². The number of hydrogen-bond donors (Lipinski definition) is 1. The smallest absolute Gasteiger partial charge is 0.462 e. The molecular weight excluding hydrogens is 321 g/mol. The first kappa shape index (κ1) is 17.7. The fourth-order valence-electron chi connectivity index (χ4n) is 2.72. The lowest BCUT2D eigenvalue weighted by Crippen LogP contribution is -2.41. The van der Waals surface area contributed by atoms with Crippen molar-refractivity contribution in [3.8, 4) is 0 Å². The number of esters is 1. The summed E-state index contributed by atoms with van der Waals surface area (Å²) < 4.78 is 17.0. The molecule has 1 aromatic heterocycles. The quantitative estimate of drug-likeness (QED) is 0.681. The minimum Gasteiger partial charge on any atom is -0.462 e. The minimum atomic E-state index is -0.633. The summed E-state index contributed by atoms with van der Waals surface area (Å²) in [7, 11) is -0.569. The molecule has 0 aliphatic carbocycles. The Morgan fingerprint density at radius 2 is 1.84 bits per heavy atom. The molecule has 1 aromatic carbocycles. The zero-order valence-electron chi connectivity index (χ0n) is 15.1. The highest BCUT2D eigenvalue weighted by molar-refractivity contribution is 6.62.